The minimum atomic E-state index is -0.199. The lowest BCUT2D eigenvalue weighted by atomic mass is 10.1. The van der Waals surface area contributed by atoms with E-state index in [2.05, 4.69) is 5.32 Å². The van der Waals surface area contributed by atoms with Crippen LogP contribution in [0.15, 0.2) is 42.5 Å². The van der Waals surface area contributed by atoms with Gasteiger partial charge in [-0.15, -0.1) is 0 Å². The van der Waals surface area contributed by atoms with Crippen molar-refractivity contribution >= 4 is 11.6 Å². The zero-order chi connectivity index (χ0) is 15.2. The van der Waals surface area contributed by atoms with Crippen LogP contribution in [0.25, 0.3) is 0 Å². The molecule has 0 aliphatic carbocycles. The first-order valence-corrected chi connectivity index (χ1v) is 6.48. The Morgan fingerprint density at radius 1 is 1.10 bits per heavy atom. The molecule has 5 nitrogen and oxygen atoms in total. The molecule has 0 aromatic heterocycles. The fourth-order valence-electron chi connectivity index (χ4n) is 1.93. The summed E-state index contributed by atoms with van der Waals surface area (Å²) in [4.78, 5) is 12.2. The van der Waals surface area contributed by atoms with Crippen molar-refractivity contribution in [3.8, 4) is 11.5 Å². The summed E-state index contributed by atoms with van der Waals surface area (Å²) in [6.45, 7) is 0.406. The molecule has 2 aromatic carbocycles. The summed E-state index contributed by atoms with van der Waals surface area (Å²) in [5, 5.41) is 2.84. The molecule has 0 fully saturated rings. The minimum Gasteiger partial charge on any atom is -0.497 e. The summed E-state index contributed by atoms with van der Waals surface area (Å²) in [5.41, 5.74) is 7.80. The van der Waals surface area contributed by atoms with Crippen molar-refractivity contribution in [2.75, 3.05) is 20.0 Å². The number of hydrogen-bond donors (Lipinski definition) is 2. The Morgan fingerprint density at radius 2 is 1.76 bits per heavy atom. The van der Waals surface area contributed by atoms with E-state index in [-0.39, 0.29) is 5.91 Å². The van der Waals surface area contributed by atoms with Gasteiger partial charge in [-0.05, 0) is 29.8 Å². The van der Waals surface area contributed by atoms with Gasteiger partial charge in [-0.25, -0.2) is 0 Å². The normalized spacial score (nSPS) is 10.0. The largest absolute Gasteiger partial charge is 0.497 e. The van der Waals surface area contributed by atoms with Gasteiger partial charge in [-0.1, -0.05) is 12.1 Å². The number of nitrogens with two attached hydrogens (primary N) is 1. The first-order valence-electron chi connectivity index (χ1n) is 6.48. The summed E-state index contributed by atoms with van der Waals surface area (Å²) in [6.07, 6.45) is 0. The molecule has 2 rings (SSSR count). The van der Waals surface area contributed by atoms with E-state index in [0.717, 1.165) is 5.56 Å². The van der Waals surface area contributed by atoms with Crippen molar-refractivity contribution in [2.24, 2.45) is 0 Å². The quantitative estimate of drug-likeness (QED) is 0.827. The third-order valence-electron chi connectivity index (χ3n) is 3.02. The van der Waals surface area contributed by atoms with Crippen molar-refractivity contribution in [1.29, 1.82) is 0 Å². The highest BCUT2D eigenvalue weighted by molar-refractivity contribution is 5.95. The first kappa shape index (κ1) is 14.7. The molecule has 0 heterocycles. The monoisotopic (exact) mass is 286 g/mol. The van der Waals surface area contributed by atoms with E-state index in [0.29, 0.717) is 29.3 Å². The van der Waals surface area contributed by atoms with Crippen molar-refractivity contribution in [2.45, 2.75) is 6.54 Å². The second kappa shape index (κ2) is 6.65. The maximum atomic E-state index is 12.2. The van der Waals surface area contributed by atoms with E-state index >= 15 is 0 Å². The fraction of sp³-hybridized carbons (Fsp3) is 0.188. The van der Waals surface area contributed by atoms with Gasteiger partial charge in [0.1, 0.15) is 11.5 Å². The Morgan fingerprint density at radius 3 is 2.33 bits per heavy atom. The van der Waals surface area contributed by atoms with Crippen LogP contribution in [0.4, 0.5) is 5.69 Å². The summed E-state index contributed by atoms with van der Waals surface area (Å²) >= 11 is 0. The van der Waals surface area contributed by atoms with Gasteiger partial charge >= 0.3 is 0 Å². The van der Waals surface area contributed by atoms with Crippen LogP contribution in [0.5, 0.6) is 11.5 Å². The standard InChI is InChI=1S/C16H18N2O3/c1-20-14-7-12(8-15(9-14)21-2)16(19)18-10-11-4-3-5-13(17)6-11/h3-9H,10,17H2,1-2H3,(H,18,19). The molecule has 0 unspecified atom stereocenters. The summed E-state index contributed by atoms with van der Waals surface area (Å²) in [5.74, 6) is 0.946. The van der Waals surface area contributed by atoms with Gasteiger partial charge in [0.25, 0.3) is 5.91 Å². The molecule has 0 aliphatic rings. The van der Waals surface area contributed by atoms with Gasteiger partial charge in [0, 0.05) is 23.9 Å². The molecule has 0 saturated heterocycles. The highest BCUT2D eigenvalue weighted by Gasteiger charge is 2.09. The average Bonchev–Trinajstić information content (AvgIpc) is 2.52. The number of nitrogen functional groups attached to an aromatic ring is 1. The van der Waals surface area contributed by atoms with E-state index in [9.17, 15) is 4.79 Å². The number of ether oxygens (including phenoxy) is 2. The number of benzene rings is 2. The number of carbonyl (C=O) groups excluding carboxylic acids is 1. The molecule has 1 amide bonds. The van der Waals surface area contributed by atoms with Gasteiger partial charge < -0.3 is 20.5 Å². The summed E-state index contributed by atoms with van der Waals surface area (Å²) in [6, 6.07) is 12.4. The molecule has 0 bridgehead atoms. The predicted molar refractivity (Wildman–Crippen MR) is 81.6 cm³/mol. The fourth-order valence-corrected chi connectivity index (χ4v) is 1.93. The lowest BCUT2D eigenvalue weighted by molar-refractivity contribution is 0.0950. The second-order valence-electron chi connectivity index (χ2n) is 4.53. The maximum absolute atomic E-state index is 12.2. The third-order valence-corrected chi connectivity index (χ3v) is 3.02. The van der Waals surface area contributed by atoms with Crippen LogP contribution in [0, 0.1) is 0 Å². The number of methoxy groups -OCH3 is 2. The van der Waals surface area contributed by atoms with Crippen molar-refractivity contribution in [3.63, 3.8) is 0 Å². The lowest BCUT2D eigenvalue weighted by Crippen LogP contribution is -2.22. The number of hydrogen-bond acceptors (Lipinski definition) is 4. The van der Waals surface area contributed by atoms with E-state index in [1.165, 1.54) is 0 Å². The van der Waals surface area contributed by atoms with Gasteiger partial charge in [0.15, 0.2) is 0 Å². The minimum absolute atomic E-state index is 0.199. The van der Waals surface area contributed by atoms with Crippen LogP contribution < -0.4 is 20.5 Å². The number of rotatable bonds is 5. The summed E-state index contributed by atoms with van der Waals surface area (Å²) in [7, 11) is 3.09. The highest BCUT2D eigenvalue weighted by atomic mass is 16.5. The van der Waals surface area contributed by atoms with E-state index in [1.54, 1.807) is 38.5 Å². The van der Waals surface area contributed by atoms with E-state index in [1.807, 2.05) is 18.2 Å². The van der Waals surface area contributed by atoms with Crippen LogP contribution in [0.2, 0.25) is 0 Å². The molecular formula is C16H18N2O3. The Kier molecular flexibility index (Phi) is 4.66. The highest BCUT2D eigenvalue weighted by Crippen LogP contribution is 2.22. The van der Waals surface area contributed by atoms with E-state index in [4.69, 9.17) is 15.2 Å². The van der Waals surface area contributed by atoms with Crippen LogP contribution in [0.1, 0.15) is 15.9 Å². The number of amides is 1. The summed E-state index contributed by atoms with van der Waals surface area (Å²) < 4.78 is 10.3. The Hall–Kier alpha value is -2.69. The Bertz CT molecular complexity index is 619. The second-order valence-corrected chi connectivity index (χ2v) is 4.53. The molecule has 110 valence electrons. The van der Waals surface area contributed by atoms with Crippen LogP contribution in [-0.4, -0.2) is 20.1 Å². The molecule has 0 atom stereocenters. The van der Waals surface area contributed by atoms with E-state index < -0.39 is 0 Å². The Labute approximate surface area is 123 Å². The van der Waals surface area contributed by atoms with Gasteiger partial charge in [-0.3, -0.25) is 4.79 Å². The molecule has 2 aromatic rings. The lowest BCUT2D eigenvalue weighted by Gasteiger charge is -2.09. The first-order chi connectivity index (χ1) is 10.1. The molecule has 21 heavy (non-hydrogen) atoms. The average molecular weight is 286 g/mol. The number of anilines is 1. The van der Waals surface area contributed by atoms with Crippen molar-refractivity contribution in [3.05, 3.63) is 53.6 Å². The SMILES string of the molecule is COc1cc(OC)cc(C(=O)NCc2cccc(N)c2)c1. The van der Waals surface area contributed by atoms with Crippen molar-refractivity contribution < 1.29 is 14.3 Å². The molecule has 0 saturated carbocycles. The molecule has 0 aliphatic heterocycles. The van der Waals surface area contributed by atoms with Gasteiger partial charge in [-0.2, -0.15) is 0 Å². The number of nitrogens with one attached hydrogen (secondary N) is 1. The smallest absolute Gasteiger partial charge is 0.251 e. The molecule has 0 spiro atoms. The van der Waals surface area contributed by atoms with Crippen LogP contribution in [-0.2, 0) is 6.54 Å². The predicted octanol–water partition coefficient (Wildman–Crippen LogP) is 2.22. The third kappa shape index (κ3) is 3.89. The van der Waals surface area contributed by atoms with Crippen LogP contribution >= 0.6 is 0 Å². The topological polar surface area (TPSA) is 73.6 Å². The zero-order valence-corrected chi connectivity index (χ0v) is 12.1. The maximum Gasteiger partial charge on any atom is 0.251 e. The van der Waals surface area contributed by atoms with Crippen molar-refractivity contribution in [1.82, 2.24) is 5.32 Å². The van der Waals surface area contributed by atoms with Crippen LogP contribution in [0.3, 0.4) is 0 Å². The Balaban J connectivity index is 2.09. The van der Waals surface area contributed by atoms with Gasteiger partial charge in [0.05, 0.1) is 14.2 Å². The van der Waals surface area contributed by atoms with Gasteiger partial charge in [0.2, 0.25) is 0 Å². The molecular weight excluding hydrogens is 268 g/mol. The molecule has 3 N–H and O–H groups in total. The molecule has 0 radical (unpaired) electrons. The number of carbonyl (C=O) groups is 1. The molecule has 5 heteroatoms. The zero-order valence-electron chi connectivity index (χ0n) is 12.1.